The molecule has 1 atom stereocenters. The van der Waals surface area contributed by atoms with Crippen molar-refractivity contribution in [2.45, 2.75) is 18.6 Å². The monoisotopic (exact) mass is 459 g/mol. The van der Waals surface area contributed by atoms with E-state index in [1.165, 1.54) is 12.3 Å². The molecule has 162 valence electrons. The molecule has 0 amide bonds. The van der Waals surface area contributed by atoms with E-state index >= 15 is 0 Å². The largest absolute Gasteiger partial charge is 0.506 e. The number of phenolic OH excluding ortho intramolecular Hbond substituents is 1. The summed E-state index contributed by atoms with van der Waals surface area (Å²) < 4.78 is 11.0. The summed E-state index contributed by atoms with van der Waals surface area (Å²) in [5, 5.41) is 22.8. The minimum absolute atomic E-state index is 0.117. The molecule has 0 aliphatic carbocycles. The van der Waals surface area contributed by atoms with Crippen molar-refractivity contribution >= 4 is 29.4 Å². The number of aliphatic hydroxyl groups is 1. The Hall–Kier alpha value is -2.73. The molecule has 0 bridgehead atoms. The first-order valence-corrected chi connectivity index (χ1v) is 10.3. The van der Waals surface area contributed by atoms with E-state index in [0.717, 1.165) is 0 Å². The Balaban J connectivity index is 2.17. The number of halogens is 2. The van der Waals surface area contributed by atoms with Crippen LogP contribution in [-0.2, 0) is 5.60 Å². The molecule has 0 fully saturated rings. The first kappa shape index (κ1) is 22.9. The number of ether oxygens (including phenoxy) is 2. The Morgan fingerprint density at radius 3 is 1.97 bits per heavy atom. The van der Waals surface area contributed by atoms with Gasteiger partial charge in [0.1, 0.15) is 22.8 Å². The second-order valence-corrected chi connectivity index (χ2v) is 7.79. The number of rotatable bonds is 7. The van der Waals surface area contributed by atoms with Gasteiger partial charge in [-0.1, -0.05) is 59.6 Å². The number of aliphatic imine (C=N–C) groups is 1. The molecule has 0 radical (unpaired) electrons. The van der Waals surface area contributed by atoms with E-state index in [2.05, 4.69) is 4.99 Å². The third-order valence-corrected chi connectivity index (χ3v) is 5.64. The Kier molecular flexibility index (Phi) is 7.11. The van der Waals surface area contributed by atoms with Crippen LogP contribution >= 0.6 is 23.2 Å². The average Bonchev–Trinajstić information content (AvgIpc) is 2.79. The molecule has 3 aromatic rings. The molecule has 3 aromatic carbocycles. The Labute approximate surface area is 191 Å². The van der Waals surface area contributed by atoms with Crippen molar-refractivity contribution < 1.29 is 19.7 Å². The summed E-state index contributed by atoms with van der Waals surface area (Å²) in [6, 6.07) is 16.7. The number of para-hydroxylation sites is 2. The molecular weight excluding hydrogens is 437 g/mol. The summed E-state index contributed by atoms with van der Waals surface area (Å²) >= 11 is 12.1. The highest BCUT2D eigenvalue weighted by Gasteiger charge is 2.42. The van der Waals surface area contributed by atoms with Gasteiger partial charge in [-0.15, -0.1) is 0 Å². The van der Waals surface area contributed by atoms with Gasteiger partial charge >= 0.3 is 0 Å². The van der Waals surface area contributed by atoms with Gasteiger partial charge in [-0.25, -0.2) is 0 Å². The predicted octanol–water partition coefficient (Wildman–Crippen LogP) is 5.46. The Morgan fingerprint density at radius 2 is 1.45 bits per heavy atom. The fourth-order valence-corrected chi connectivity index (χ4v) is 4.01. The van der Waals surface area contributed by atoms with Gasteiger partial charge in [0.2, 0.25) is 0 Å². The summed E-state index contributed by atoms with van der Waals surface area (Å²) in [5.74, 6) is 0.873. The van der Waals surface area contributed by atoms with E-state index < -0.39 is 11.6 Å². The van der Waals surface area contributed by atoms with Crippen LogP contribution < -0.4 is 9.47 Å². The molecule has 0 aliphatic rings. The number of benzene rings is 3. The van der Waals surface area contributed by atoms with E-state index in [-0.39, 0.29) is 10.8 Å². The molecule has 0 heterocycles. The van der Waals surface area contributed by atoms with E-state index in [9.17, 15) is 10.2 Å². The topological polar surface area (TPSA) is 71.3 Å². The minimum atomic E-state index is -1.60. The Morgan fingerprint density at radius 1 is 0.935 bits per heavy atom. The summed E-state index contributed by atoms with van der Waals surface area (Å²) in [4.78, 5) is 4.55. The van der Waals surface area contributed by atoms with Crippen LogP contribution in [0.15, 0.2) is 65.7 Å². The minimum Gasteiger partial charge on any atom is -0.506 e. The van der Waals surface area contributed by atoms with Crippen molar-refractivity contribution in [1.29, 1.82) is 0 Å². The second-order valence-electron chi connectivity index (χ2n) is 6.95. The molecular formula is C24H23Cl2NO4. The van der Waals surface area contributed by atoms with Crippen molar-refractivity contribution in [3.63, 3.8) is 0 Å². The van der Waals surface area contributed by atoms with Gasteiger partial charge < -0.3 is 19.7 Å². The van der Waals surface area contributed by atoms with Gasteiger partial charge in [-0.2, -0.15) is 0 Å². The first-order valence-electron chi connectivity index (χ1n) is 9.53. The molecule has 0 unspecified atom stereocenters. The lowest BCUT2D eigenvalue weighted by molar-refractivity contribution is 0.0538. The molecule has 31 heavy (non-hydrogen) atoms. The van der Waals surface area contributed by atoms with Crippen LogP contribution in [-0.4, -0.2) is 36.7 Å². The van der Waals surface area contributed by atoms with Crippen LogP contribution in [0.2, 0.25) is 10.0 Å². The van der Waals surface area contributed by atoms with Crippen LogP contribution in [0.5, 0.6) is 17.2 Å². The zero-order valence-electron chi connectivity index (χ0n) is 17.3. The number of nitrogens with zero attached hydrogens (tertiary/aromatic N) is 1. The maximum atomic E-state index is 12.1. The average molecular weight is 460 g/mol. The molecule has 0 spiro atoms. The fraction of sp³-hybridized carbons (Fsp3) is 0.208. The highest BCUT2D eigenvalue weighted by molar-refractivity contribution is 6.36. The highest BCUT2D eigenvalue weighted by atomic mass is 35.5. The van der Waals surface area contributed by atoms with Gasteiger partial charge in [-0.3, -0.25) is 4.99 Å². The molecule has 3 rings (SSSR count). The molecule has 0 saturated heterocycles. The Bertz CT molecular complexity index is 1050. The fourth-order valence-electron chi connectivity index (χ4n) is 3.50. The molecule has 5 nitrogen and oxygen atoms in total. The maximum absolute atomic E-state index is 12.1. The van der Waals surface area contributed by atoms with E-state index in [1.54, 1.807) is 51.5 Å². The standard InChI is InChI=1S/C24H23Cl2NO4/c1-15(27-14-16-12-17(25)13-20(26)23(16)28)24(29,18-8-4-6-10-21(18)30-2)19-9-5-7-11-22(19)31-3/h4-15,28-29H,1-3H3/t15-/m1/s1. The quantitative estimate of drug-likeness (QED) is 0.460. The second kappa shape index (κ2) is 9.60. The van der Waals surface area contributed by atoms with Gasteiger partial charge in [0.15, 0.2) is 0 Å². The van der Waals surface area contributed by atoms with Crippen LogP contribution in [0.3, 0.4) is 0 Å². The normalized spacial score (nSPS) is 12.7. The summed E-state index contributed by atoms with van der Waals surface area (Å²) in [6.07, 6.45) is 1.44. The lowest BCUT2D eigenvalue weighted by Gasteiger charge is -2.35. The third-order valence-electron chi connectivity index (χ3n) is 5.13. The van der Waals surface area contributed by atoms with Crippen LogP contribution in [0.1, 0.15) is 23.6 Å². The molecule has 0 saturated carbocycles. The zero-order valence-corrected chi connectivity index (χ0v) is 18.9. The molecule has 2 N–H and O–H groups in total. The number of hydrogen-bond donors (Lipinski definition) is 2. The number of phenols is 1. The first-order chi connectivity index (χ1) is 14.8. The van der Waals surface area contributed by atoms with Crippen molar-refractivity contribution in [3.05, 3.63) is 87.4 Å². The van der Waals surface area contributed by atoms with E-state index in [4.69, 9.17) is 32.7 Å². The molecule has 0 aliphatic heterocycles. The predicted molar refractivity (Wildman–Crippen MR) is 124 cm³/mol. The van der Waals surface area contributed by atoms with Gasteiger partial charge in [-0.05, 0) is 31.2 Å². The SMILES string of the molecule is COc1ccccc1C(O)(c1ccccc1OC)[C@@H](C)N=Cc1cc(Cl)cc(Cl)c1O. The lowest BCUT2D eigenvalue weighted by atomic mass is 9.80. The van der Waals surface area contributed by atoms with Crippen molar-refractivity contribution in [2.24, 2.45) is 4.99 Å². The number of methoxy groups -OCH3 is 2. The number of aromatic hydroxyl groups is 1. The maximum Gasteiger partial charge on any atom is 0.144 e. The van der Waals surface area contributed by atoms with Crippen molar-refractivity contribution in [2.75, 3.05) is 14.2 Å². The zero-order chi connectivity index (χ0) is 22.6. The van der Waals surface area contributed by atoms with E-state index in [1.807, 2.05) is 24.3 Å². The van der Waals surface area contributed by atoms with Crippen LogP contribution in [0.25, 0.3) is 0 Å². The van der Waals surface area contributed by atoms with E-state index in [0.29, 0.717) is 33.2 Å². The highest BCUT2D eigenvalue weighted by Crippen LogP contribution is 2.43. The summed E-state index contributed by atoms with van der Waals surface area (Å²) in [7, 11) is 3.09. The molecule has 0 aromatic heterocycles. The van der Waals surface area contributed by atoms with Crippen LogP contribution in [0.4, 0.5) is 0 Å². The summed E-state index contributed by atoms with van der Waals surface area (Å²) in [5.41, 5.74) is -0.208. The third kappa shape index (κ3) is 4.49. The smallest absolute Gasteiger partial charge is 0.144 e. The van der Waals surface area contributed by atoms with Gasteiger partial charge in [0, 0.05) is 27.9 Å². The molecule has 7 heteroatoms. The van der Waals surface area contributed by atoms with Crippen LogP contribution in [0, 0.1) is 0 Å². The summed E-state index contributed by atoms with van der Waals surface area (Å²) in [6.45, 7) is 1.76. The lowest BCUT2D eigenvalue weighted by Crippen LogP contribution is -2.38. The van der Waals surface area contributed by atoms with Crippen molar-refractivity contribution in [3.8, 4) is 17.2 Å². The number of hydrogen-bond acceptors (Lipinski definition) is 5. The van der Waals surface area contributed by atoms with Gasteiger partial charge in [0.05, 0.1) is 25.3 Å². The van der Waals surface area contributed by atoms with Crippen molar-refractivity contribution in [1.82, 2.24) is 0 Å². The van der Waals surface area contributed by atoms with Gasteiger partial charge in [0.25, 0.3) is 0 Å².